The van der Waals surface area contributed by atoms with Crippen molar-refractivity contribution in [1.29, 1.82) is 0 Å². The van der Waals surface area contributed by atoms with Gasteiger partial charge in [-0.15, -0.1) is 11.8 Å². The summed E-state index contributed by atoms with van der Waals surface area (Å²) in [4.78, 5) is 185. The van der Waals surface area contributed by atoms with Crippen LogP contribution in [0.4, 0.5) is 11.6 Å². The Morgan fingerprint density at radius 2 is 1.58 bits per heavy atom. The highest BCUT2D eigenvalue weighted by Crippen LogP contribution is 2.53. The number of H-pyrrole nitrogens is 1. The van der Waals surface area contributed by atoms with Crippen molar-refractivity contribution in [2.75, 3.05) is 43.6 Å². The van der Waals surface area contributed by atoms with Gasteiger partial charge in [0.05, 0.1) is 84.5 Å². The number of nitrogens with two attached hydrogens (primary N) is 3. The molecular formula is C63H71N15O24S. The van der Waals surface area contributed by atoms with E-state index in [0.29, 0.717) is 28.0 Å². The topological polar surface area (TPSA) is 632 Å². The van der Waals surface area contributed by atoms with Crippen molar-refractivity contribution >= 4 is 111 Å². The number of aromatic amines is 1. The summed E-state index contributed by atoms with van der Waals surface area (Å²) >= 11 is 0.596. The van der Waals surface area contributed by atoms with Crippen LogP contribution in [0.1, 0.15) is 117 Å². The molecule has 0 radical (unpaired) electrons. The van der Waals surface area contributed by atoms with Crippen LogP contribution < -0.4 is 59.5 Å². The van der Waals surface area contributed by atoms with E-state index in [9.17, 15) is 103 Å². The van der Waals surface area contributed by atoms with Crippen LogP contribution >= 0.6 is 11.8 Å². The van der Waals surface area contributed by atoms with Crippen LogP contribution in [-0.4, -0.2) is 234 Å². The SMILES string of the molecule is COc1cccc2c1C(=O)c1c(O)c3c(c(O)c1C2=O)C[C@@](O)(/C(CO)=N\NC(=O)CCN1C(=O)CC(SC[C@H](NC(=O)[C@H](CC(=O)O)NC(=O)[C@@H](N)CNC(=O)CC[C@@H](NC(=O)c2ccc(NCc4cnc5nc(N)[nH]c(=O)c5n4)cc2)C(=O)O)C(=O)O)C1=O)C[C@@H]3O[C@H]1CC(N)[C@H](O)C(C)O1. The number of nitrogens with zero attached hydrogens (tertiary/aromatic N) is 5. The summed E-state index contributed by atoms with van der Waals surface area (Å²) in [5.74, 6) is -16.0. The number of benzene rings is 3. The Labute approximate surface area is 584 Å². The number of thioether (sulfide) groups is 1. The van der Waals surface area contributed by atoms with Crippen molar-refractivity contribution in [3.05, 3.63) is 104 Å². The number of aliphatic hydroxyl groups excluding tert-OH is 2. The van der Waals surface area contributed by atoms with Gasteiger partial charge in [-0.2, -0.15) is 10.1 Å². The number of amides is 7. The van der Waals surface area contributed by atoms with Gasteiger partial charge >= 0.3 is 17.9 Å². The number of aromatic hydroxyl groups is 2. The van der Waals surface area contributed by atoms with Gasteiger partial charge in [0.2, 0.25) is 47.2 Å². The second kappa shape index (κ2) is 32.2. The maximum absolute atomic E-state index is 14.2. The minimum atomic E-state index is -2.41. The molecule has 2 saturated heterocycles. The molecule has 2 aromatic heterocycles. The average Bonchev–Trinajstić information content (AvgIpc) is 0.961. The molecule has 4 heterocycles. The van der Waals surface area contributed by atoms with Crippen LogP contribution in [0, 0.1) is 0 Å². The molecular weight excluding hydrogens is 1380 g/mol. The van der Waals surface area contributed by atoms with Gasteiger partial charge in [-0.3, -0.25) is 62.6 Å². The number of fused-ring (bicyclic) bond motifs is 4. The predicted octanol–water partition coefficient (Wildman–Crippen LogP) is -3.99. The Bertz CT molecular complexity index is 4340. The van der Waals surface area contributed by atoms with E-state index in [-0.39, 0.29) is 63.6 Å². The van der Waals surface area contributed by atoms with Gasteiger partial charge in [-0.25, -0.2) is 25.0 Å². The molecule has 3 unspecified atom stereocenters. The highest BCUT2D eigenvalue weighted by Gasteiger charge is 2.50. The van der Waals surface area contributed by atoms with Crippen LogP contribution in [0.2, 0.25) is 0 Å². The maximum atomic E-state index is 14.2. The van der Waals surface area contributed by atoms with Crippen molar-refractivity contribution < 1.29 is 113 Å². The number of likely N-dealkylation sites (tertiary alicyclic amines) is 1. The summed E-state index contributed by atoms with van der Waals surface area (Å²) < 4.78 is 17.4. The number of hydrogen-bond donors (Lipinski definition) is 18. The van der Waals surface area contributed by atoms with Crippen molar-refractivity contribution in [2.24, 2.45) is 16.6 Å². The van der Waals surface area contributed by atoms with Gasteiger partial charge in [0.1, 0.15) is 47.0 Å². The molecule has 548 valence electrons. The van der Waals surface area contributed by atoms with E-state index in [2.05, 4.69) is 57.0 Å². The summed E-state index contributed by atoms with van der Waals surface area (Å²) in [6.07, 6.45) is -8.25. The Balaban J connectivity index is 0.747. The molecule has 0 bridgehead atoms. The molecule has 11 atom stereocenters. The minimum absolute atomic E-state index is 0.0110. The number of aliphatic carboxylic acids is 3. The number of carboxylic acid groups (broad SMARTS) is 3. The van der Waals surface area contributed by atoms with E-state index in [1.165, 1.54) is 62.7 Å². The van der Waals surface area contributed by atoms with Crippen molar-refractivity contribution in [3.63, 3.8) is 0 Å². The Kier molecular flexibility index (Phi) is 23.8. The Morgan fingerprint density at radius 3 is 2.25 bits per heavy atom. The van der Waals surface area contributed by atoms with E-state index in [1.54, 1.807) is 0 Å². The van der Waals surface area contributed by atoms with Gasteiger partial charge in [0, 0.05) is 91.4 Å². The first-order valence-electron chi connectivity index (χ1n) is 31.5. The number of phenolic OH excluding ortho intramolecular Hbond substituents is 2. The van der Waals surface area contributed by atoms with E-state index >= 15 is 0 Å². The molecule has 7 amide bonds. The third kappa shape index (κ3) is 17.3. The zero-order valence-electron chi connectivity index (χ0n) is 54.6. The van der Waals surface area contributed by atoms with Crippen LogP contribution in [0.3, 0.4) is 0 Å². The molecule has 2 aliphatic carbocycles. The number of anilines is 2. The second-order valence-corrected chi connectivity index (χ2v) is 25.5. The summed E-state index contributed by atoms with van der Waals surface area (Å²) in [5.41, 5.74) is 14.9. The second-order valence-electron chi connectivity index (χ2n) is 24.3. The van der Waals surface area contributed by atoms with E-state index in [4.69, 9.17) is 31.4 Å². The number of aromatic nitrogens is 4. The highest BCUT2D eigenvalue weighted by molar-refractivity contribution is 8.00. The first-order chi connectivity index (χ1) is 48.8. The molecule has 2 aliphatic heterocycles. The molecule has 0 saturated carbocycles. The fourth-order valence-electron chi connectivity index (χ4n) is 11.8. The molecule has 2 fully saturated rings. The number of carbonyl (C=O) groups is 12. The standard InChI is InChI=1S/C63H71N15O24S/c1-24-49(85)30(64)14-43(101-24)102-36-18-63(99,17-29-45(36)53(89)47-46(51(29)87)50(86)28-4-3-5-35(100-2)44(28)52(47)88)38(22-79)76-77-40(81)12-13-78-41(82)16-37(59(78)94)103-23-34(61(97)98)73-57(92)33(15-42(83)84)72-56(91)31(65)21-68-39(80)11-10-32(60(95)96)71-55(90)25-6-8-26(9-7-25)67-19-27-20-69-54-48(70-27)58(93)75-62(66)74-54/h3-9,20,24,30-34,36-37,43,49,67,79,85,87,89,99H,10-19,21-23,64-65H2,1-2H3,(H,68,80)(H,71,90)(H,72,91)(H,73,92)(H,77,81)(H,83,84)(H,95,96)(H,97,98)(H3,66,69,74,75,93)/b76-38-/t24?,30?,31-,32+,33-,34-,36-,37?,43-,49+,63-/m0/s1. The van der Waals surface area contributed by atoms with E-state index in [1.807, 2.05) is 0 Å². The van der Waals surface area contributed by atoms with Crippen LogP contribution in [0.5, 0.6) is 17.2 Å². The number of aliphatic hydroxyl groups is 3. The molecule has 0 spiro atoms. The largest absolute Gasteiger partial charge is 0.507 e. The lowest BCUT2D eigenvalue weighted by molar-refractivity contribution is -0.245. The Morgan fingerprint density at radius 1 is 0.883 bits per heavy atom. The smallest absolute Gasteiger partial charge is 0.327 e. The quantitative estimate of drug-likeness (QED) is 0.00885. The molecule has 5 aromatic rings. The normalized spacial score (nSPS) is 21.2. The highest BCUT2D eigenvalue weighted by atomic mass is 32.2. The lowest BCUT2D eigenvalue weighted by Crippen LogP contribution is -2.57. The van der Waals surface area contributed by atoms with E-state index in [0.717, 1.165) is 0 Å². The molecule has 39 nitrogen and oxygen atoms in total. The van der Waals surface area contributed by atoms with Crippen LogP contribution in [-0.2, 0) is 65.6 Å². The van der Waals surface area contributed by atoms with Crippen molar-refractivity contribution in [2.45, 2.75) is 130 Å². The summed E-state index contributed by atoms with van der Waals surface area (Å²) in [6, 6.07) is 1.90. The number of ketones is 2. The van der Waals surface area contributed by atoms with Crippen molar-refractivity contribution in [1.82, 2.24) is 51.5 Å². The van der Waals surface area contributed by atoms with Gasteiger partial charge in [0.25, 0.3) is 11.5 Å². The number of nitrogen functional groups attached to an aromatic ring is 1. The number of carbonyl (C=O) groups excluding carboxylic acids is 9. The van der Waals surface area contributed by atoms with Gasteiger partial charge < -0.3 is 98.8 Å². The van der Waals surface area contributed by atoms with Crippen LogP contribution in [0.15, 0.2) is 58.6 Å². The number of ether oxygens (including phenoxy) is 3. The molecule has 9 rings (SSSR count). The number of nitrogens with one attached hydrogen (secondary N) is 7. The molecule has 21 N–H and O–H groups in total. The number of hydrogen-bond acceptors (Lipinski definition) is 30. The summed E-state index contributed by atoms with van der Waals surface area (Å²) in [6.45, 7) is -0.727. The van der Waals surface area contributed by atoms with Gasteiger partial charge in [-0.1, -0.05) is 12.1 Å². The molecule has 40 heteroatoms. The molecule has 3 aromatic carbocycles. The number of rotatable bonds is 30. The third-order valence-electron chi connectivity index (χ3n) is 17.2. The lowest BCUT2D eigenvalue weighted by Gasteiger charge is -2.43. The lowest BCUT2D eigenvalue weighted by atomic mass is 9.71. The fourth-order valence-corrected chi connectivity index (χ4v) is 13.0. The zero-order valence-corrected chi connectivity index (χ0v) is 55.4. The zero-order chi connectivity index (χ0) is 75.0. The number of methoxy groups -OCH3 is 1. The maximum Gasteiger partial charge on any atom is 0.327 e. The number of carboxylic acids is 3. The third-order valence-corrected chi connectivity index (χ3v) is 18.5. The van der Waals surface area contributed by atoms with Gasteiger partial charge in [0.15, 0.2) is 23.2 Å². The van der Waals surface area contributed by atoms with Crippen molar-refractivity contribution in [3.8, 4) is 17.2 Å². The molecule has 4 aliphatic rings. The van der Waals surface area contributed by atoms with Gasteiger partial charge in [-0.05, 0) is 43.7 Å². The van der Waals surface area contributed by atoms with Crippen LogP contribution in [0.25, 0.3) is 11.2 Å². The average molecular weight is 1450 g/mol. The Hall–Kier alpha value is -11.1. The predicted molar refractivity (Wildman–Crippen MR) is 354 cm³/mol. The minimum Gasteiger partial charge on any atom is -0.507 e. The van der Waals surface area contributed by atoms with E-state index < -0.39 is 241 Å². The number of hydrazone groups is 1. The first-order valence-corrected chi connectivity index (χ1v) is 32.6. The molecule has 103 heavy (non-hydrogen) atoms. The number of phenols is 2. The monoisotopic (exact) mass is 1450 g/mol. The first kappa shape index (κ1) is 76.0. The summed E-state index contributed by atoms with van der Waals surface area (Å²) in [5, 5.41) is 101. The number of imide groups is 1. The fraction of sp³-hybridized carbons (Fsp3) is 0.413. The summed E-state index contributed by atoms with van der Waals surface area (Å²) in [7, 11) is 1.26.